The van der Waals surface area contributed by atoms with Gasteiger partial charge in [-0.1, -0.05) is 12.8 Å². The van der Waals surface area contributed by atoms with E-state index in [0.717, 1.165) is 25.8 Å². The van der Waals surface area contributed by atoms with Gasteiger partial charge in [0.05, 0.1) is 11.8 Å². The van der Waals surface area contributed by atoms with Crippen molar-refractivity contribution in [3.05, 3.63) is 0 Å². The SMILES string of the molecule is CCN(CC1CC1)C(=O)[C@@H]1CCCC[C@@H]1C(=O)O. The maximum atomic E-state index is 12.5. The highest BCUT2D eigenvalue weighted by atomic mass is 16.4. The lowest BCUT2D eigenvalue weighted by Crippen LogP contribution is -2.43. The molecule has 1 N–H and O–H groups in total. The predicted octanol–water partition coefficient (Wildman–Crippen LogP) is 2.14. The van der Waals surface area contributed by atoms with Gasteiger partial charge in [-0.05, 0) is 38.5 Å². The van der Waals surface area contributed by atoms with Gasteiger partial charge >= 0.3 is 5.97 Å². The van der Waals surface area contributed by atoms with Crippen LogP contribution in [0.25, 0.3) is 0 Å². The van der Waals surface area contributed by atoms with E-state index in [1.165, 1.54) is 12.8 Å². The fourth-order valence-electron chi connectivity index (χ4n) is 2.94. The summed E-state index contributed by atoms with van der Waals surface area (Å²) in [6, 6.07) is 0. The van der Waals surface area contributed by atoms with Crippen molar-refractivity contribution < 1.29 is 14.7 Å². The molecule has 2 rings (SSSR count). The van der Waals surface area contributed by atoms with E-state index in [2.05, 4.69) is 0 Å². The quantitative estimate of drug-likeness (QED) is 0.816. The number of carbonyl (C=O) groups excluding carboxylic acids is 1. The van der Waals surface area contributed by atoms with E-state index in [4.69, 9.17) is 0 Å². The Bertz CT molecular complexity index is 325. The summed E-state index contributed by atoms with van der Waals surface area (Å²) in [6.45, 7) is 3.52. The molecule has 0 aromatic rings. The van der Waals surface area contributed by atoms with Crippen LogP contribution in [0.15, 0.2) is 0 Å². The average Bonchev–Trinajstić information content (AvgIpc) is 3.19. The summed E-state index contributed by atoms with van der Waals surface area (Å²) in [4.78, 5) is 25.6. The first-order valence-electron chi connectivity index (χ1n) is 7.15. The molecule has 0 saturated heterocycles. The van der Waals surface area contributed by atoms with Crippen LogP contribution in [0.5, 0.6) is 0 Å². The predicted molar refractivity (Wildman–Crippen MR) is 68.1 cm³/mol. The minimum Gasteiger partial charge on any atom is -0.481 e. The number of nitrogens with zero attached hydrogens (tertiary/aromatic N) is 1. The Morgan fingerprint density at radius 1 is 1.11 bits per heavy atom. The van der Waals surface area contributed by atoms with Gasteiger partial charge in [0.2, 0.25) is 5.91 Å². The summed E-state index contributed by atoms with van der Waals surface area (Å²) in [7, 11) is 0. The molecule has 2 aliphatic rings. The van der Waals surface area contributed by atoms with Gasteiger partial charge in [-0.2, -0.15) is 0 Å². The molecule has 0 aromatic heterocycles. The Labute approximate surface area is 108 Å². The number of carboxylic acid groups (broad SMARTS) is 1. The van der Waals surface area contributed by atoms with E-state index in [1.807, 2.05) is 11.8 Å². The lowest BCUT2D eigenvalue weighted by Gasteiger charge is -2.32. The molecule has 2 atom stereocenters. The Morgan fingerprint density at radius 3 is 2.22 bits per heavy atom. The number of carboxylic acids is 1. The summed E-state index contributed by atoms with van der Waals surface area (Å²) in [6.07, 6.45) is 5.77. The summed E-state index contributed by atoms with van der Waals surface area (Å²) < 4.78 is 0. The smallest absolute Gasteiger partial charge is 0.307 e. The molecule has 0 aliphatic heterocycles. The first-order valence-corrected chi connectivity index (χ1v) is 7.15. The lowest BCUT2D eigenvalue weighted by molar-refractivity contribution is -0.152. The molecule has 0 aromatic carbocycles. The molecular formula is C14H23NO3. The van der Waals surface area contributed by atoms with Crippen molar-refractivity contribution in [2.45, 2.75) is 45.4 Å². The molecule has 1 amide bonds. The second-order valence-corrected chi connectivity index (χ2v) is 5.66. The van der Waals surface area contributed by atoms with Gasteiger partial charge in [0.25, 0.3) is 0 Å². The Morgan fingerprint density at radius 2 is 1.72 bits per heavy atom. The Kier molecular flexibility index (Phi) is 4.25. The fraction of sp³-hybridized carbons (Fsp3) is 0.857. The average molecular weight is 253 g/mol. The van der Waals surface area contributed by atoms with Crippen molar-refractivity contribution in [3.63, 3.8) is 0 Å². The molecule has 0 bridgehead atoms. The number of amides is 1. The minimum atomic E-state index is -0.796. The summed E-state index contributed by atoms with van der Waals surface area (Å²) in [5.74, 6) is -0.790. The number of aliphatic carboxylic acids is 1. The van der Waals surface area contributed by atoms with E-state index in [-0.39, 0.29) is 11.8 Å². The molecule has 4 nitrogen and oxygen atoms in total. The van der Waals surface area contributed by atoms with E-state index < -0.39 is 11.9 Å². The molecule has 18 heavy (non-hydrogen) atoms. The van der Waals surface area contributed by atoms with Gasteiger partial charge in [-0.25, -0.2) is 0 Å². The van der Waals surface area contributed by atoms with Crippen LogP contribution in [-0.4, -0.2) is 35.0 Å². The molecule has 0 spiro atoms. The van der Waals surface area contributed by atoms with Crippen molar-refractivity contribution in [2.24, 2.45) is 17.8 Å². The highest BCUT2D eigenvalue weighted by molar-refractivity contribution is 5.85. The van der Waals surface area contributed by atoms with Crippen LogP contribution in [0.1, 0.15) is 45.4 Å². The highest BCUT2D eigenvalue weighted by Crippen LogP contribution is 2.34. The first kappa shape index (κ1) is 13.4. The summed E-state index contributed by atoms with van der Waals surface area (Å²) in [5.41, 5.74) is 0. The zero-order valence-corrected chi connectivity index (χ0v) is 11.1. The zero-order valence-electron chi connectivity index (χ0n) is 11.1. The second-order valence-electron chi connectivity index (χ2n) is 5.66. The molecule has 2 aliphatic carbocycles. The number of rotatable bonds is 5. The van der Waals surface area contributed by atoms with Crippen LogP contribution >= 0.6 is 0 Å². The molecule has 0 unspecified atom stereocenters. The Hall–Kier alpha value is -1.06. The van der Waals surface area contributed by atoms with Gasteiger partial charge in [0.15, 0.2) is 0 Å². The van der Waals surface area contributed by atoms with E-state index >= 15 is 0 Å². The van der Waals surface area contributed by atoms with E-state index in [0.29, 0.717) is 18.9 Å². The maximum absolute atomic E-state index is 12.5. The third-order valence-electron chi connectivity index (χ3n) is 4.27. The van der Waals surface area contributed by atoms with Crippen molar-refractivity contribution in [1.82, 2.24) is 4.90 Å². The van der Waals surface area contributed by atoms with Crippen LogP contribution in [0.2, 0.25) is 0 Å². The van der Waals surface area contributed by atoms with Crippen LogP contribution < -0.4 is 0 Å². The second kappa shape index (κ2) is 5.72. The molecule has 102 valence electrons. The fourth-order valence-corrected chi connectivity index (χ4v) is 2.94. The summed E-state index contributed by atoms with van der Waals surface area (Å²) >= 11 is 0. The van der Waals surface area contributed by atoms with Gasteiger partial charge in [-0.3, -0.25) is 9.59 Å². The van der Waals surface area contributed by atoms with Crippen molar-refractivity contribution in [1.29, 1.82) is 0 Å². The van der Waals surface area contributed by atoms with Crippen molar-refractivity contribution in [2.75, 3.05) is 13.1 Å². The standard InChI is InChI=1S/C14H23NO3/c1-2-15(9-10-7-8-10)13(16)11-5-3-4-6-12(11)14(17)18/h10-12H,2-9H2,1H3,(H,17,18)/t11-,12+/m1/s1. The normalized spacial score (nSPS) is 27.8. The zero-order chi connectivity index (χ0) is 13.1. The van der Waals surface area contributed by atoms with Crippen LogP contribution in [0, 0.1) is 17.8 Å². The minimum absolute atomic E-state index is 0.0801. The number of hydrogen-bond donors (Lipinski definition) is 1. The van der Waals surface area contributed by atoms with Crippen molar-refractivity contribution >= 4 is 11.9 Å². The molecular weight excluding hydrogens is 230 g/mol. The van der Waals surface area contributed by atoms with E-state index in [1.54, 1.807) is 0 Å². The third-order valence-corrected chi connectivity index (χ3v) is 4.27. The van der Waals surface area contributed by atoms with Gasteiger partial charge < -0.3 is 10.0 Å². The van der Waals surface area contributed by atoms with Crippen LogP contribution in [0.3, 0.4) is 0 Å². The third kappa shape index (κ3) is 3.03. The van der Waals surface area contributed by atoms with Gasteiger partial charge in [-0.15, -0.1) is 0 Å². The topological polar surface area (TPSA) is 57.6 Å². The van der Waals surface area contributed by atoms with Gasteiger partial charge in [0, 0.05) is 13.1 Å². The molecule has 0 radical (unpaired) electrons. The van der Waals surface area contributed by atoms with Crippen LogP contribution in [-0.2, 0) is 9.59 Å². The number of hydrogen-bond acceptors (Lipinski definition) is 2. The molecule has 2 fully saturated rings. The maximum Gasteiger partial charge on any atom is 0.307 e. The first-order chi connectivity index (χ1) is 8.63. The Balaban J connectivity index is 2.01. The molecule has 4 heteroatoms. The lowest BCUT2D eigenvalue weighted by atomic mass is 9.78. The number of carbonyl (C=O) groups is 2. The van der Waals surface area contributed by atoms with Crippen molar-refractivity contribution in [3.8, 4) is 0 Å². The monoisotopic (exact) mass is 253 g/mol. The van der Waals surface area contributed by atoms with Gasteiger partial charge in [0.1, 0.15) is 0 Å². The largest absolute Gasteiger partial charge is 0.481 e. The van der Waals surface area contributed by atoms with E-state index in [9.17, 15) is 14.7 Å². The molecule has 2 saturated carbocycles. The van der Waals surface area contributed by atoms with Crippen LogP contribution in [0.4, 0.5) is 0 Å². The highest BCUT2D eigenvalue weighted by Gasteiger charge is 2.38. The molecule has 0 heterocycles. The summed E-state index contributed by atoms with van der Waals surface area (Å²) in [5, 5.41) is 9.24.